The highest BCUT2D eigenvalue weighted by atomic mass is 35.5. The Morgan fingerprint density at radius 1 is 1.25 bits per heavy atom. The van der Waals surface area contributed by atoms with Gasteiger partial charge in [0.05, 0.1) is 10.7 Å². The van der Waals surface area contributed by atoms with Crippen molar-refractivity contribution in [1.29, 1.82) is 0 Å². The topological polar surface area (TPSA) is 28.2 Å². The van der Waals surface area contributed by atoms with Crippen molar-refractivity contribution in [2.24, 2.45) is 0 Å². The van der Waals surface area contributed by atoms with Gasteiger partial charge in [0.25, 0.3) is 0 Å². The number of hydrogen-bond donors (Lipinski definition) is 1. The number of hydrogen-bond acceptors (Lipinski definition) is 3. The lowest BCUT2D eigenvalue weighted by molar-refractivity contribution is 0.716. The van der Waals surface area contributed by atoms with Crippen LogP contribution in [0.25, 0.3) is 0 Å². The van der Waals surface area contributed by atoms with E-state index < -0.39 is 0 Å². The lowest BCUT2D eigenvalue weighted by atomic mass is 10.2. The Morgan fingerprint density at radius 3 is 2.60 bits per heavy atom. The van der Waals surface area contributed by atoms with Crippen LogP contribution in [0.1, 0.15) is 12.5 Å². The van der Waals surface area contributed by atoms with Crippen molar-refractivity contribution in [1.82, 2.24) is 4.98 Å². The number of anilines is 2. The number of halogens is 1. The number of nitrogens with one attached hydrogen (secondary N) is 1. The summed E-state index contributed by atoms with van der Waals surface area (Å²) < 4.78 is 0. The van der Waals surface area contributed by atoms with Gasteiger partial charge in [0.15, 0.2) is 0 Å². The lowest BCUT2D eigenvalue weighted by Crippen LogP contribution is -2.34. The maximum atomic E-state index is 6.17. The molecule has 0 aliphatic rings. The van der Waals surface area contributed by atoms with E-state index in [-0.39, 0.29) is 0 Å². The minimum atomic E-state index is 0.348. The molecule has 1 heterocycles. The van der Waals surface area contributed by atoms with Gasteiger partial charge in [-0.3, -0.25) is 4.98 Å². The molecule has 1 aromatic heterocycles. The SMILES string of the molecule is Cc1cncc(Cl)c1NCC(C)N(C)c1ccccc1. The van der Waals surface area contributed by atoms with Gasteiger partial charge >= 0.3 is 0 Å². The van der Waals surface area contributed by atoms with Gasteiger partial charge in [-0.15, -0.1) is 0 Å². The zero-order valence-electron chi connectivity index (χ0n) is 12.1. The van der Waals surface area contributed by atoms with Crippen LogP contribution in [0.2, 0.25) is 5.02 Å². The molecule has 2 rings (SSSR count). The summed E-state index contributed by atoms with van der Waals surface area (Å²) in [7, 11) is 2.10. The van der Waals surface area contributed by atoms with Crippen LogP contribution in [0, 0.1) is 6.92 Å². The fourth-order valence-electron chi connectivity index (χ4n) is 2.06. The van der Waals surface area contributed by atoms with E-state index in [0.29, 0.717) is 11.1 Å². The molecule has 0 bridgehead atoms. The highest BCUT2D eigenvalue weighted by molar-refractivity contribution is 6.33. The van der Waals surface area contributed by atoms with Crippen LogP contribution in [0.4, 0.5) is 11.4 Å². The zero-order chi connectivity index (χ0) is 14.5. The number of rotatable bonds is 5. The predicted molar refractivity (Wildman–Crippen MR) is 86.8 cm³/mol. The Labute approximate surface area is 125 Å². The van der Waals surface area contributed by atoms with Crippen LogP contribution in [0.15, 0.2) is 42.7 Å². The fourth-order valence-corrected chi connectivity index (χ4v) is 2.33. The van der Waals surface area contributed by atoms with Crippen molar-refractivity contribution < 1.29 is 0 Å². The Kier molecular flexibility index (Phi) is 4.85. The first-order valence-corrected chi connectivity index (χ1v) is 7.09. The second-order valence-corrected chi connectivity index (χ2v) is 5.40. The van der Waals surface area contributed by atoms with E-state index in [0.717, 1.165) is 17.8 Å². The molecule has 106 valence electrons. The first-order chi connectivity index (χ1) is 9.59. The Bertz CT molecular complexity index is 537. The standard InChI is InChI=1S/C16H20ClN3/c1-12-9-18-11-15(17)16(12)19-10-13(2)20(3)14-7-5-4-6-8-14/h4-9,11,13H,10H2,1-3H3,(H,18,19). The molecule has 0 saturated heterocycles. The lowest BCUT2D eigenvalue weighted by Gasteiger charge is -2.28. The van der Waals surface area contributed by atoms with E-state index in [2.05, 4.69) is 53.4 Å². The van der Waals surface area contributed by atoms with Gasteiger partial charge in [0.1, 0.15) is 0 Å². The molecule has 0 radical (unpaired) electrons. The number of aromatic nitrogens is 1. The Hall–Kier alpha value is -1.74. The average Bonchev–Trinajstić information content (AvgIpc) is 2.46. The van der Waals surface area contributed by atoms with E-state index in [9.17, 15) is 0 Å². The van der Waals surface area contributed by atoms with E-state index in [4.69, 9.17) is 11.6 Å². The second kappa shape index (κ2) is 6.62. The summed E-state index contributed by atoms with van der Waals surface area (Å²) in [6.45, 7) is 5.01. The number of benzene rings is 1. The van der Waals surface area contributed by atoms with Crippen LogP contribution in [-0.2, 0) is 0 Å². The molecule has 0 saturated carbocycles. The van der Waals surface area contributed by atoms with Crippen molar-refractivity contribution in [2.45, 2.75) is 19.9 Å². The van der Waals surface area contributed by atoms with Crippen LogP contribution in [-0.4, -0.2) is 24.6 Å². The van der Waals surface area contributed by atoms with Gasteiger partial charge in [-0.25, -0.2) is 0 Å². The van der Waals surface area contributed by atoms with Gasteiger partial charge < -0.3 is 10.2 Å². The largest absolute Gasteiger partial charge is 0.381 e. The first kappa shape index (κ1) is 14.7. The molecule has 20 heavy (non-hydrogen) atoms. The van der Waals surface area contributed by atoms with Gasteiger partial charge in [-0.1, -0.05) is 29.8 Å². The van der Waals surface area contributed by atoms with Crippen molar-refractivity contribution in [3.05, 3.63) is 53.3 Å². The van der Waals surface area contributed by atoms with Gasteiger partial charge in [-0.05, 0) is 31.5 Å². The smallest absolute Gasteiger partial charge is 0.0823 e. The highest BCUT2D eigenvalue weighted by Gasteiger charge is 2.11. The summed E-state index contributed by atoms with van der Waals surface area (Å²) in [4.78, 5) is 6.32. The molecule has 4 heteroatoms. The third kappa shape index (κ3) is 3.42. The zero-order valence-corrected chi connectivity index (χ0v) is 12.9. The first-order valence-electron chi connectivity index (χ1n) is 6.71. The molecular formula is C16H20ClN3. The number of nitrogens with zero attached hydrogens (tertiary/aromatic N) is 2. The van der Waals surface area contributed by atoms with Gasteiger partial charge in [0.2, 0.25) is 0 Å². The molecule has 0 fully saturated rings. The third-order valence-corrected chi connectivity index (χ3v) is 3.77. The molecule has 1 unspecified atom stereocenters. The molecule has 0 spiro atoms. The molecule has 1 N–H and O–H groups in total. The minimum Gasteiger partial charge on any atom is -0.381 e. The van der Waals surface area contributed by atoms with Crippen LogP contribution < -0.4 is 10.2 Å². The van der Waals surface area contributed by atoms with E-state index in [1.165, 1.54) is 5.69 Å². The van der Waals surface area contributed by atoms with Crippen LogP contribution >= 0.6 is 11.6 Å². The monoisotopic (exact) mass is 289 g/mol. The Morgan fingerprint density at radius 2 is 1.95 bits per heavy atom. The van der Waals surface area contributed by atoms with Crippen LogP contribution in [0.5, 0.6) is 0 Å². The molecule has 3 nitrogen and oxygen atoms in total. The average molecular weight is 290 g/mol. The maximum absolute atomic E-state index is 6.17. The predicted octanol–water partition coefficient (Wildman–Crippen LogP) is 3.98. The van der Waals surface area contributed by atoms with E-state index in [1.54, 1.807) is 6.20 Å². The molecule has 0 aliphatic heterocycles. The summed E-state index contributed by atoms with van der Waals surface area (Å²) >= 11 is 6.17. The molecule has 0 amide bonds. The molecule has 1 aromatic carbocycles. The normalized spacial score (nSPS) is 12.0. The Balaban J connectivity index is 2.00. The molecule has 0 aliphatic carbocycles. The van der Waals surface area contributed by atoms with Crippen molar-refractivity contribution in [2.75, 3.05) is 23.8 Å². The molecular weight excluding hydrogens is 270 g/mol. The quantitative estimate of drug-likeness (QED) is 0.902. The summed E-state index contributed by atoms with van der Waals surface area (Å²) in [6, 6.07) is 10.7. The van der Waals surface area contributed by atoms with Crippen molar-refractivity contribution in [3.63, 3.8) is 0 Å². The fraction of sp³-hybridized carbons (Fsp3) is 0.312. The van der Waals surface area contributed by atoms with E-state index >= 15 is 0 Å². The highest BCUT2D eigenvalue weighted by Crippen LogP contribution is 2.24. The molecule has 2 aromatic rings. The summed E-state index contributed by atoms with van der Waals surface area (Å²) in [5, 5.41) is 4.08. The van der Waals surface area contributed by atoms with Gasteiger partial charge in [-0.2, -0.15) is 0 Å². The van der Waals surface area contributed by atoms with Crippen molar-refractivity contribution >= 4 is 23.0 Å². The number of aryl methyl sites for hydroxylation is 1. The number of likely N-dealkylation sites (N-methyl/N-ethyl adjacent to an activating group) is 1. The van der Waals surface area contributed by atoms with Crippen molar-refractivity contribution in [3.8, 4) is 0 Å². The van der Waals surface area contributed by atoms with E-state index in [1.807, 2.05) is 19.2 Å². The summed E-state index contributed by atoms with van der Waals surface area (Å²) in [5.41, 5.74) is 3.24. The van der Waals surface area contributed by atoms with Gasteiger partial charge in [0, 0.05) is 37.7 Å². The molecule has 1 atom stereocenters. The number of para-hydroxylation sites is 1. The summed E-state index contributed by atoms with van der Waals surface area (Å²) in [6.07, 6.45) is 3.49. The third-order valence-electron chi connectivity index (χ3n) is 3.49. The van der Waals surface area contributed by atoms with Crippen LogP contribution in [0.3, 0.4) is 0 Å². The second-order valence-electron chi connectivity index (χ2n) is 4.99. The maximum Gasteiger partial charge on any atom is 0.0823 e. The number of pyridine rings is 1. The summed E-state index contributed by atoms with van der Waals surface area (Å²) in [5.74, 6) is 0. The minimum absolute atomic E-state index is 0.348.